The lowest BCUT2D eigenvalue weighted by Gasteiger charge is -2.42. The minimum atomic E-state index is -4.58. The van der Waals surface area contributed by atoms with E-state index in [4.69, 9.17) is 23.2 Å². The SMILES string of the molecule is N#Cc1cnc2ccc(Cl)cc2c1N1CC[C@@H](C(=O)N2CCn3c(nnc3C(F)(F)F)C2)[C@@H](C2CC2)C1.N#Cc1cnc2ccc(Cl)cc2c1N1CC[C@@H](C(=O)N2CCn3c(nnc3C(F)(F)F)C2)[C@H](C2CC2)C1. The van der Waals surface area contributed by atoms with E-state index in [0.29, 0.717) is 72.0 Å². The summed E-state index contributed by atoms with van der Waals surface area (Å²) in [6.07, 6.45) is -0.658. The van der Waals surface area contributed by atoms with Crippen molar-refractivity contribution in [3.05, 3.63) is 93.3 Å². The fourth-order valence-electron chi connectivity index (χ4n) is 11.7. The number of carbonyl (C=O) groups excluding carboxylic acids is 2. The molecule has 0 N–H and O–H groups in total. The second-order valence-electron chi connectivity index (χ2n) is 20.0. The molecule has 6 aromatic rings. The number of rotatable bonds is 6. The summed E-state index contributed by atoms with van der Waals surface area (Å²) in [5.41, 5.74) is 4.00. The number of piperidine rings is 2. The molecule has 24 heteroatoms. The zero-order chi connectivity index (χ0) is 51.8. The largest absolute Gasteiger partial charge is 0.451 e. The summed E-state index contributed by atoms with van der Waals surface area (Å²) in [5.74, 6) is -1.28. The van der Waals surface area contributed by atoms with Crippen LogP contribution in [0.5, 0.6) is 0 Å². The highest BCUT2D eigenvalue weighted by Crippen LogP contribution is 2.48. The Balaban J connectivity index is 0.000000159. The highest BCUT2D eigenvalue weighted by molar-refractivity contribution is 6.32. The Morgan fingerprint density at radius 2 is 0.973 bits per heavy atom. The fourth-order valence-corrected chi connectivity index (χ4v) is 12.1. The van der Waals surface area contributed by atoms with Gasteiger partial charge in [-0.05, 0) is 98.6 Å². The maximum atomic E-state index is 13.7. The number of hydrogen-bond donors (Lipinski definition) is 0. The van der Waals surface area contributed by atoms with Gasteiger partial charge in [0.15, 0.2) is 11.6 Å². The van der Waals surface area contributed by atoms with E-state index in [2.05, 4.69) is 52.3 Å². The van der Waals surface area contributed by atoms with E-state index in [1.807, 2.05) is 24.3 Å². The number of nitrogens with zero attached hydrogens (tertiary/aromatic N) is 14. The van der Waals surface area contributed by atoms with Crippen LogP contribution in [0, 0.1) is 58.2 Å². The first-order valence-electron chi connectivity index (χ1n) is 24.5. The van der Waals surface area contributed by atoms with Crippen LogP contribution in [0.2, 0.25) is 10.0 Å². The number of pyridine rings is 2. The average molecular weight is 1060 g/mol. The Morgan fingerprint density at radius 3 is 1.34 bits per heavy atom. The maximum Gasteiger partial charge on any atom is 0.451 e. The number of alkyl halides is 6. The molecule has 4 aliphatic heterocycles. The van der Waals surface area contributed by atoms with Crippen molar-refractivity contribution in [1.29, 1.82) is 10.5 Å². The van der Waals surface area contributed by atoms with Crippen LogP contribution in [0.15, 0.2) is 48.8 Å². The predicted molar refractivity (Wildman–Crippen MR) is 257 cm³/mol. The van der Waals surface area contributed by atoms with E-state index in [0.717, 1.165) is 68.0 Å². The van der Waals surface area contributed by atoms with Crippen LogP contribution in [0.1, 0.15) is 72.9 Å². The lowest BCUT2D eigenvalue weighted by atomic mass is 9.80. The molecule has 0 spiro atoms. The Morgan fingerprint density at radius 1 is 0.568 bits per heavy atom. The second kappa shape index (κ2) is 19.2. The highest BCUT2D eigenvalue weighted by atomic mass is 35.5. The molecule has 12 rings (SSSR count). The summed E-state index contributed by atoms with van der Waals surface area (Å²) >= 11 is 12.5. The molecule has 0 radical (unpaired) electrons. The van der Waals surface area contributed by atoms with E-state index < -0.39 is 24.0 Å². The number of hydrogen-bond acceptors (Lipinski definition) is 12. The van der Waals surface area contributed by atoms with E-state index >= 15 is 0 Å². The van der Waals surface area contributed by atoms with Gasteiger partial charge in [0.25, 0.3) is 0 Å². The molecule has 4 fully saturated rings. The van der Waals surface area contributed by atoms with Crippen molar-refractivity contribution in [3.8, 4) is 12.1 Å². The third-order valence-electron chi connectivity index (χ3n) is 15.5. The van der Waals surface area contributed by atoms with Gasteiger partial charge in [0.1, 0.15) is 12.1 Å². The van der Waals surface area contributed by atoms with Crippen LogP contribution >= 0.6 is 23.2 Å². The van der Waals surface area contributed by atoms with Gasteiger partial charge in [-0.3, -0.25) is 19.6 Å². The normalized spacial score (nSPS) is 22.1. The van der Waals surface area contributed by atoms with Gasteiger partial charge in [-0.1, -0.05) is 23.2 Å². The first-order chi connectivity index (χ1) is 35.5. The van der Waals surface area contributed by atoms with Crippen LogP contribution in [0.4, 0.5) is 37.7 Å². The minimum Gasteiger partial charge on any atom is -0.370 e. The number of nitriles is 2. The lowest BCUT2D eigenvalue weighted by Crippen LogP contribution is -2.50. The maximum absolute atomic E-state index is 13.7. The molecule has 2 saturated heterocycles. The van der Waals surface area contributed by atoms with Crippen molar-refractivity contribution in [2.45, 2.75) is 77.1 Å². The number of anilines is 2. The van der Waals surface area contributed by atoms with Crippen LogP contribution in [-0.2, 0) is 48.1 Å². The molecule has 4 aromatic heterocycles. The van der Waals surface area contributed by atoms with Gasteiger partial charge in [0.05, 0.1) is 46.6 Å². The number of amides is 2. The average Bonchev–Trinajstić information content (AvgIpc) is 4.33. The van der Waals surface area contributed by atoms with Crippen molar-refractivity contribution >= 4 is 68.2 Å². The molecule has 2 aliphatic carbocycles. The summed E-state index contributed by atoms with van der Waals surface area (Å²) in [4.78, 5) is 43.8. The topological polar surface area (TPSA) is 182 Å². The molecular weight excluding hydrogens is 1010 g/mol. The molecule has 0 bridgehead atoms. The number of fused-ring (bicyclic) bond motifs is 4. The van der Waals surface area contributed by atoms with Crippen molar-refractivity contribution in [2.75, 3.05) is 49.1 Å². The quantitative estimate of drug-likeness (QED) is 0.145. The number of halogens is 8. The molecule has 16 nitrogen and oxygen atoms in total. The summed E-state index contributed by atoms with van der Waals surface area (Å²) in [6.45, 7) is 2.83. The lowest BCUT2D eigenvalue weighted by molar-refractivity contribution is -0.149. The second-order valence-corrected chi connectivity index (χ2v) is 20.8. The molecule has 384 valence electrons. The summed E-state index contributed by atoms with van der Waals surface area (Å²) in [7, 11) is 0. The van der Waals surface area contributed by atoms with Crippen LogP contribution in [0.25, 0.3) is 21.8 Å². The van der Waals surface area contributed by atoms with Crippen LogP contribution in [-0.4, -0.2) is 100 Å². The van der Waals surface area contributed by atoms with Crippen molar-refractivity contribution in [2.24, 2.45) is 35.5 Å². The van der Waals surface area contributed by atoms with E-state index in [1.54, 1.807) is 34.3 Å². The van der Waals surface area contributed by atoms with Crippen LogP contribution in [0.3, 0.4) is 0 Å². The molecule has 8 heterocycles. The van der Waals surface area contributed by atoms with Gasteiger partial charge in [-0.25, -0.2) is 0 Å². The van der Waals surface area contributed by atoms with Crippen molar-refractivity contribution < 1.29 is 35.9 Å². The fraction of sp³-hybridized carbons (Fsp3) is 0.480. The van der Waals surface area contributed by atoms with Crippen molar-refractivity contribution in [1.82, 2.24) is 49.3 Å². The summed E-state index contributed by atoms with van der Waals surface area (Å²) in [6, 6.07) is 15.3. The standard InChI is InChI=1S/2C25H23ClF3N7O/c2*26-16-3-4-20-18(9-16)22(15(10-30)11-31-20)34-6-5-17(19(12-34)14-1-2-14)23(37)35-7-8-36-21(13-35)32-33-24(36)25(27,28)29/h2*3-4,9,11,14,17,19H,1-2,5-8,12-13H2/t17-,19+;17-,19-/m11/s1. The summed E-state index contributed by atoms with van der Waals surface area (Å²) < 4.78 is 81.4. The first kappa shape index (κ1) is 49.4. The molecule has 2 saturated carbocycles. The smallest absolute Gasteiger partial charge is 0.370 e. The molecule has 0 unspecified atom stereocenters. The molecule has 2 amide bonds. The zero-order valence-corrected chi connectivity index (χ0v) is 41.0. The number of aromatic nitrogens is 8. The molecular formula is C50H46Cl2F6N14O2. The Kier molecular flexibility index (Phi) is 12.8. The van der Waals surface area contributed by atoms with Gasteiger partial charge < -0.3 is 28.7 Å². The number of carbonyl (C=O) groups is 2. The highest BCUT2D eigenvalue weighted by Gasteiger charge is 2.48. The first-order valence-corrected chi connectivity index (χ1v) is 25.3. The van der Waals surface area contributed by atoms with Gasteiger partial charge in [0.2, 0.25) is 23.5 Å². The number of benzene rings is 2. The Bertz CT molecular complexity index is 3070. The predicted octanol–water partition coefficient (Wildman–Crippen LogP) is 8.53. The molecule has 4 atom stereocenters. The summed E-state index contributed by atoms with van der Waals surface area (Å²) in [5, 5.41) is 36.4. The monoisotopic (exact) mass is 1060 g/mol. The minimum absolute atomic E-state index is 0.0190. The Labute approximate surface area is 429 Å². The third kappa shape index (κ3) is 9.39. The van der Waals surface area contributed by atoms with Crippen molar-refractivity contribution in [3.63, 3.8) is 0 Å². The van der Waals surface area contributed by atoms with Gasteiger partial charge >= 0.3 is 12.4 Å². The third-order valence-corrected chi connectivity index (χ3v) is 16.0. The van der Waals surface area contributed by atoms with Gasteiger partial charge in [-0.15, -0.1) is 20.4 Å². The zero-order valence-electron chi connectivity index (χ0n) is 39.5. The molecule has 74 heavy (non-hydrogen) atoms. The van der Waals surface area contributed by atoms with Crippen LogP contribution < -0.4 is 9.80 Å². The van der Waals surface area contributed by atoms with Gasteiger partial charge in [0, 0.05) is 97.4 Å². The molecule has 2 aromatic carbocycles. The Hall–Kier alpha value is -6.78. The van der Waals surface area contributed by atoms with E-state index in [9.17, 15) is 46.5 Å². The molecule has 6 aliphatic rings. The van der Waals surface area contributed by atoms with Gasteiger partial charge in [-0.2, -0.15) is 36.9 Å². The van der Waals surface area contributed by atoms with E-state index in [-0.39, 0.29) is 86.4 Å². The van der Waals surface area contributed by atoms with E-state index in [1.165, 1.54) is 0 Å².